The number of halogens is 3. The van der Waals surface area contributed by atoms with Crippen molar-refractivity contribution in [2.75, 3.05) is 13.2 Å². The van der Waals surface area contributed by atoms with E-state index >= 15 is 0 Å². The zero-order valence-electron chi connectivity index (χ0n) is 17.7. The van der Waals surface area contributed by atoms with Gasteiger partial charge < -0.3 is 14.2 Å². The number of allylic oxidation sites excluding steroid dienone is 3. The molecule has 0 atom stereocenters. The van der Waals surface area contributed by atoms with Crippen LogP contribution in [-0.2, 0) is 22.3 Å². The van der Waals surface area contributed by atoms with Gasteiger partial charge in [0.2, 0.25) is 5.82 Å². The van der Waals surface area contributed by atoms with Crippen molar-refractivity contribution in [3.8, 4) is 5.75 Å². The average Bonchev–Trinajstić information content (AvgIpc) is 2.75. The van der Waals surface area contributed by atoms with Crippen LogP contribution in [0.15, 0.2) is 42.0 Å². The third-order valence-corrected chi connectivity index (χ3v) is 5.56. The second kappa shape index (κ2) is 9.84. The minimum absolute atomic E-state index is 0.131. The number of hydrogen-bond acceptors (Lipinski definition) is 3. The molecule has 1 fully saturated rings. The quantitative estimate of drug-likeness (QED) is 0.514. The standard InChI is InChI=1S/C24H29F3O3/c1-5-7-19-28-12-16(13-29-19)8-9-17-11-18-10-15(4)23(20(25)14(3)6-2)30-24(18)22(27)21(17)26/h11,16,19H,3-10,12-13H2,1-2H3/b23-20-. The van der Waals surface area contributed by atoms with E-state index in [2.05, 4.69) is 20.1 Å². The Morgan fingerprint density at radius 1 is 1.13 bits per heavy atom. The Morgan fingerprint density at radius 3 is 2.47 bits per heavy atom. The average molecular weight is 422 g/mol. The Morgan fingerprint density at radius 2 is 1.83 bits per heavy atom. The molecule has 0 aliphatic carbocycles. The van der Waals surface area contributed by atoms with Gasteiger partial charge in [0.05, 0.1) is 13.2 Å². The molecular weight excluding hydrogens is 393 g/mol. The molecule has 0 unspecified atom stereocenters. The summed E-state index contributed by atoms with van der Waals surface area (Å²) in [6.07, 6.45) is 3.20. The molecule has 0 aromatic heterocycles. The second-order valence-electron chi connectivity index (χ2n) is 7.92. The molecule has 1 aromatic rings. The van der Waals surface area contributed by atoms with Crippen LogP contribution in [0, 0.1) is 17.6 Å². The maximum atomic E-state index is 14.7. The summed E-state index contributed by atoms with van der Waals surface area (Å²) in [6, 6.07) is 1.59. The summed E-state index contributed by atoms with van der Waals surface area (Å²) in [5.74, 6) is -3.04. The smallest absolute Gasteiger partial charge is 0.201 e. The van der Waals surface area contributed by atoms with Crippen molar-refractivity contribution in [3.63, 3.8) is 0 Å². The maximum absolute atomic E-state index is 14.7. The van der Waals surface area contributed by atoms with Crippen LogP contribution in [0.1, 0.15) is 50.7 Å². The van der Waals surface area contributed by atoms with Gasteiger partial charge in [-0.3, -0.25) is 0 Å². The van der Waals surface area contributed by atoms with Crippen LogP contribution in [-0.4, -0.2) is 19.5 Å². The first-order valence-corrected chi connectivity index (χ1v) is 10.5. The van der Waals surface area contributed by atoms with Crippen LogP contribution in [0.4, 0.5) is 13.2 Å². The molecule has 0 spiro atoms. The topological polar surface area (TPSA) is 27.7 Å². The normalized spacial score (nSPS) is 23.0. The van der Waals surface area contributed by atoms with Crippen molar-refractivity contribution in [3.05, 3.63) is 64.7 Å². The summed E-state index contributed by atoms with van der Waals surface area (Å²) in [6.45, 7) is 12.4. The molecule has 3 rings (SSSR count). The molecule has 0 bridgehead atoms. The van der Waals surface area contributed by atoms with Crippen LogP contribution < -0.4 is 4.74 Å². The van der Waals surface area contributed by atoms with Gasteiger partial charge in [0.1, 0.15) is 0 Å². The summed E-state index contributed by atoms with van der Waals surface area (Å²) in [7, 11) is 0. The molecule has 6 heteroatoms. The number of hydrogen-bond donors (Lipinski definition) is 0. The van der Waals surface area contributed by atoms with Gasteiger partial charge in [-0.15, -0.1) is 0 Å². The third kappa shape index (κ3) is 4.81. The molecule has 1 aromatic carbocycles. The first kappa shape index (κ1) is 22.6. The fourth-order valence-corrected chi connectivity index (χ4v) is 3.66. The summed E-state index contributed by atoms with van der Waals surface area (Å²) >= 11 is 0. The third-order valence-electron chi connectivity index (χ3n) is 5.56. The lowest BCUT2D eigenvalue weighted by atomic mass is 9.93. The van der Waals surface area contributed by atoms with E-state index < -0.39 is 17.5 Å². The first-order valence-electron chi connectivity index (χ1n) is 10.5. The van der Waals surface area contributed by atoms with Crippen molar-refractivity contribution in [1.82, 2.24) is 0 Å². The number of aryl methyl sites for hydroxylation is 1. The lowest BCUT2D eigenvalue weighted by Gasteiger charge is -2.29. The minimum Gasteiger partial charge on any atom is -0.450 e. The van der Waals surface area contributed by atoms with Gasteiger partial charge in [0.25, 0.3) is 0 Å². The highest BCUT2D eigenvalue weighted by atomic mass is 19.2. The van der Waals surface area contributed by atoms with Gasteiger partial charge in [-0.1, -0.05) is 33.4 Å². The Balaban J connectivity index is 1.73. The molecule has 0 N–H and O–H groups in total. The second-order valence-corrected chi connectivity index (χ2v) is 7.92. The van der Waals surface area contributed by atoms with Crippen LogP contribution in [0.5, 0.6) is 5.75 Å². The number of benzene rings is 1. The lowest BCUT2D eigenvalue weighted by molar-refractivity contribution is -0.203. The van der Waals surface area contributed by atoms with Crippen molar-refractivity contribution in [2.24, 2.45) is 5.92 Å². The van der Waals surface area contributed by atoms with Gasteiger partial charge in [-0.25, -0.2) is 8.78 Å². The Labute approximate surface area is 176 Å². The fourth-order valence-electron chi connectivity index (χ4n) is 3.66. The van der Waals surface area contributed by atoms with E-state index in [9.17, 15) is 13.2 Å². The molecular formula is C24H29F3O3. The Kier molecular flexibility index (Phi) is 7.42. The molecule has 1 saturated heterocycles. The number of rotatable bonds is 7. The molecule has 3 nitrogen and oxygen atoms in total. The molecule has 2 aliphatic heterocycles. The first-order chi connectivity index (χ1) is 14.3. The van der Waals surface area contributed by atoms with Crippen LogP contribution >= 0.6 is 0 Å². The van der Waals surface area contributed by atoms with Crippen LogP contribution in [0.3, 0.4) is 0 Å². The lowest BCUT2D eigenvalue weighted by Crippen LogP contribution is -2.32. The summed E-state index contributed by atoms with van der Waals surface area (Å²) < 4.78 is 60.7. The summed E-state index contributed by atoms with van der Waals surface area (Å²) in [4.78, 5) is 0. The minimum atomic E-state index is -1.10. The molecule has 0 amide bonds. The van der Waals surface area contributed by atoms with Crippen LogP contribution in [0.25, 0.3) is 0 Å². The highest BCUT2D eigenvalue weighted by Gasteiger charge is 2.29. The van der Waals surface area contributed by atoms with E-state index in [1.54, 1.807) is 13.0 Å². The van der Waals surface area contributed by atoms with Crippen molar-refractivity contribution >= 4 is 0 Å². The largest absolute Gasteiger partial charge is 0.450 e. The monoisotopic (exact) mass is 422 g/mol. The van der Waals surface area contributed by atoms with E-state index in [1.165, 1.54) is 0 Å². The van der Waals surface area contributed by atoms with Gasteiger partial charge in [0, 0.05) is 17.9 Å². The summed E-state index contributed by atoms with van der Waals surface area (Å²) in [5.41, 5.74) is 1.34. The number of ether oxygens (including phenoxy) is 3. The van der Waals surface area contributed by atoms with E-state index in [0.29, 0.717) is 43.6 Å². The summed E-state index contributed by atoms with van der Waals surface area (Å²) in [5, 5.41) is 0. The predicted octanol–water partition coefficient (Wildman–Crippen LogP) is 6.33. The molecule has 0 radical (unpaired) electrons. The molecule has 164 valence electrons. The van der Waals surface area contributed by atoms with Crippen molar-refractivity contribution in [2.45, 2.75) is 58.7 Å². The molecule has 2 aliphatic rings. The fraction of sp³-hybridized carbons (Fsp3) is 0.500. The molecule has 2 heterocycles. The van der Waals surface area contributed by atoms with E-state index in [4.69, 9.17) is 14.2 Å². The van der Waals surface area contributed by atoms with Gasteiger partial charge >= 0.3 is 0 Å². The zero-order valence-corrected chi connectivity index (χ0v) is 17.7. The number of fused-ring (bicyclic) bond motifs is 1. The van der Waals surface area contributed by atoms with Gasteiger partial charge in [-0.2, -0.15) is 4.39 Å². The molecule has 0 saturated carbocycles. The SMILES string of the molecule is C=C(CC)/C(F)=C1/Oc2c(cc(CCC3COC(CCC)OC3)c(F)c2F)CC1=C. The maximum Gasteiger partial charge on any atom is 0.201 e. The van der Waals surface area contributed by atoms with Gasteiger partial charge in [0.15, 0.2) is 29.4 Å². The van der Waals surface area contributed by atoms with Crippen molar-refractivity contribution in [1.29, 1.82) is 0 Å². The van der Waals surface area contributed by atoms with E-state index in [0.717, 1.165) is 12.8 Å². The zero-order chi connectivity index (χ0) is 21.8. The van der Waals surface area contributed by atoms with E-state index in [-0.39, 0.29) is 41.3 Å². The Hall–Kier alpha value is -2.05. The Bertz CT molecular complexity index is 852. The van der Waals surface area contributed by atoms with Crippen molar-refractivity contribution < 1.29 is 27.4 Å². The predicted molar refractivity (Wildman–Crippen MR) is 110 cm³/mol. The molecule has 30 heavy (non-hydrogen) atoms. The van der Waals surface area contributed by atoms with E-state index in [1.807, 2.05) is 0 Å². The van der Waals surface area contributed by atoms with Crippen LogP contribution in [0.2, 0.25) is 0 Å². The highest BCUT2D eigenvalue weighted by Crippen LogP contribution is 2.39. The highest BCUT2D eigenvalue weighted by molar-refractivity contribution is 5.51. The van der Waals surface area contributed by atoms with Gasteiger partial charge in [-0.05, 0) is 48.5 Å².